The van der Waals surface area contributed by atoms with Crippen LogP contribution in [0.25, 0.3) is 10.9 Å². The summed E-state index contributed by atoms with van der Waals surface area (Å²) in [7, 11) is -3.26. The van der Waals surface area contributed by atoms with Gasteiger partial charge in [0.2, 0.25) is 0 Å². The summed E-state index contributed by atoms with van der Waals surface area (Å²) >= 11 is 0. The number of anilines is 2. The molecule has 1 aromatic heterocycles. The number of nitrogens with zero attached hydrogens (tertiary/aromatic N) is 2. The normalized spacial score (nSPS) is 11.4. The van der Waals surface area contributed by atoms with Crippen LogP contribution in [0.1, 0.15) is 6.42 Å². The fourth-order valence-electron chi connectivity index (χ4n) is 2.49. The molecule has 0 saturated carbocycles. The molecular formula is C18H20N4O2S. The topological polar surface area (TPSA) is 84.0 Å². The van der Waals surface area contributed by atoms with E-state index in [9.17, 15) is 8.42 Å². The van der Waals surface area contributed by atoms with Crippen LogP contribution >= 0.6 is 0 Å². The lowest BCUT2D eigenvalue weighted by molar-refractivity contribution is 0.602. The van der Waals surface area contributed by atoms with Crippen LogP contribution in [-0.4, -0.2) is 37.7 Å². The second kappa shape index (κ2) is 7.48. The van der Waals surface area contributed by atoms with Gasteiger partial charge in [-0.15, -0.1) is 0 Å². The Morgan fingerprint density at radius 2 is 1.72 bits per heavy atom. The first-order chi connectivity index (χ1) is 12.0. The summed E-state index contributed by atoms with van der Waals surface area (Å²) in [5, 5.41) is 7.32. The number of nitrogens with one attached hydrogen (secondary N) is 2. The molecule has 25 heavy (non-hydrogen) atoms. The van der Waals surface area contributed by atoms with Crippen LogP contribution in [0.4, 0.5) is 11.5 Å². The first kappa shape index (κ1) is 17.2. The van der Waals surface area contributed by atoms with Gasteiger partial charge in [0.1, 0.15) is 12.1 Å². The highest BCUT2D eigenvalue weighted by atomic mass is 32.2. The highest BCUT2D eigenvalue weighted by Crippen LogP contribution is 2.22. The first-order valence-corrected chi connectivity index (χ1v) is 9.91. The molecule has 7 heteroatoms. The lowest BCUT2D eigenvalue weighted by atomic mass is 10.2. The van der Waals surface area contributed by atoms with Gasteiger partial charge in [0.05, 0.1) is 10.4 Å². The first-order valence-electron chi connectivity index (χ1n) is 8.02. The number of aromatic nitrogens is 2. The number of benzene rings is 2. The lowest BCUT2D eigenvalue weighted by Crippen LogP contribution is -2.10. The minimum absolute atomic E-state index is 0.267. The molecule has 0 spiro atoms. The molecule has 0 aliphatic carbocycles. The maximum Gasteiger partial charge on any atom is 0.175 e. The van der Waals surface area contributed by atoms with Crippen LogP contribution in [0.3, 0.4) is 0 Å². The monoisotopic (exact) mass is 356 g/mol. The van der Waals surface area contributed by atoms with Crippen LogP contribution in [0, 0.1) is 0 Å². The number of sulfone groups is 1. The van der Waals surface area contributed by atoms with E-state index < -0.39 is 9.84 Å². The molecule has 0 aliphatic rings. The second-order valence-corrected chi connectivity index (χ2v) is 7.76. The quantitative estimate of drug-likeness (QED) is 0.633. The highest BCUT2D eigenvalue weighted by Gasteiger charge is 2.10. The summed E-state index contributed by atoms with van der Waals surface area (Å²) < 4.78 is 23.5. The van der Waals surface area contributed by atoms with Gasteiger partial charge in [0, 0.05) is 30.4 Å². The van der Waals surface area contributed by atoms with E-state index in [1.165, 1.54) is 12.6 Å². The summed E-state index contributed by atoms with van der Waals surface area (Å²) in [6, 6.07) is 14.9. The smallest absolute Gasteiger partial charge is 0.175 e. The lowest BCUT2D eigenvalue weighted by Gasteiger charge is -2.10. The SMILES string of the molecule is CS(=O)(=O)c1ccc2ncnc(NCCCNc3ccccc3)c2c1. The molecule has 1 heterocycles. The fraction of sp³-hybridized carbons (Fsp3) is 0.222. The van der Waals surface area contributed by atoms with Crippen molar-refractivity contribution in [2.24, 2.45) is 0 Å². The third-order valence-corrected chi connectivity index (χ3v) is 4.89. The highest BCUT2D eigenvalue weighted by molar-refractivity contribution is 7.90. The molecular weight excluding hydrogens is 336 g/mol. The predicted molar refractivity (Wildman–Crippen MR) is 101 cm³/mol. The van der Waals surface area contributed by atoms with Crippen molar-refractivity contribution in [3.8, 4) is 0 Å². The molecule has 0 unspecified atom stereocenters. The average Bonchev–Trinajstić information content (AvgIpc) is 2.61. The average molecular weight is 356 g/mol. The Morgan fingerprint density at radius 1 is 0.960 bits per heavy atom. The van der Waals surface area contributed by atoms with Gasteiger partial charge in [-0.05, 0) is 36.8 Å². The van der Waals surface area contributed by atoms with Crippen LogP contribution < -0.4 is 10.6 Å². The predicted octanol–water partition coefficient (Wildman–Crippen LogP) is 2.95. The van der Waals surface area contributed by atoms with Crippen molar-refractivity contribution in [2.45, 2.75) is 11.3 Å². The van der Waals surface area contributed by atoms with Gasteiger partial charge >= 0.3 is 0 Å². The molecule has 2 aromatic carbocycles. The maximum absolute atomic E-state index is 11.8. The van der Waals surface area contributed by atoms with Crippen LogP contribution in [0.2, 0.25) is 0 Å². The van der Waals surface area contributed by atoms with Gasteiger partial charge in [0.15, 0.2) is 9.84 Å². The molecule has 0 amide bonds. The molecule has 0 radical (unpaired) electrons. The van der Waals surface area contributed by atoms with Gasteiger partial charge in [-0.3, -0.25) is 0 Å². The van der Waals surface area contributed by atoms with E-state index >= 15 is 0 Å². The molecule has 0 fully saturated rings. The molecule has 3 rings (SSSR count). The van der Waals surface area contributed by atoms with E-state index in [2.05, 4.69) is 20.6 Å². The Kier molecular flexibility index (Phi) is 5.14. The Balaban J connectivity index is 1.65. The molecule has 2 N–H and O–H groups in total. The van der Waals surface area contributed by atoms with E-state index in [-0.39, 0.29) is 4.90 Å². The molecule has 0 saturated heterocycles. The summed E-state index contributed by atoms with van der Waals surface area (Å²) in [5.74, 6) is 0.648. The zero-order valence-corrected chi connectivity index (χ0v) is 14.8. The minimum Gasteiger partial charge on any atom is -0.385 e. The standard InChI is InChI=1S/C18H20N4O2S/c1-25(23,24)15-8-9-17-16(12-15)18(22-13-21-17)20-11-5-10-19-14-6-3-2-4-7-14/h2-4,6-9,12-13,19H,5,10-11H2,1H3,(H,20,21,22). The van der Waals surface area contributed by atoms with Crippen molar-refractivity contribution in [1.82, 2.24) is 9.97 Å². The Hall–Kier alpha value is -2.67. The molecule has 6 nitrogen and oxygen atoms in total. The van der Waals surface area contributed by atoms with E-state index in [0.717, 1.165) is 25.2 Å². The third kappa shape index (κ3) is 4.45. The van der Waals surface area contributed by atoms with E-state index in [1.807, 2.05) is 30.3 Å². The van der Waals surface area contributed by atoms with Crippen LogP contribution in [0.15, 0.2) is 59.8 Å². The van der Waals surface area contributed by atoms with Gasteiger partial charge in [-0.2, -0.15) is 0 Å². The van der Waals surface area contributed by atoms with Crippen molar-refractivity contribution in [1.29, 1.82) is 0 Å². The number of para-hydroxylation sites is 1. The number of fused-ring (bicyclic) bond motifs is 1. The van der Waals surface area contributed by atoms with E-state index in [4.69, 9.17) is 0 Å². The largest absolute Gasteiger partial charge is 0.385 e. The van der Waals surface area contributed by atoms with Crippen molar-refractivity contribution < 1.29 is 8.42 Å². The Bertz CT molecular complexity index is 959. The summed E-state index contributed by atoms with van der Waals surface area (Å²) in [6.45, 7) is 1.55. The van der Waals surface area contributed by atoms with Gasteiger partial charge < -0.3 is 10.6 Å². The summed E-state index contributed by atoms with van der Waals surface area (Å²) in [5.41, 5.74) is 1.81. The van der Waals surface area contributed by atoms with E-state index in [1.54, 1.807) is 18.2 Å². The molecule has 0 bridgehead atoms. The Morgan fingerprint density at radius 3 is 2.48 bits per heavy atom. The van der Waals surface area contributed by atoms with E-state index in [0.29, 0.717) is 16.7 Å². The summed E-state index contributed by atoms with van der Waals surface area (Å²) in [6.07, 6.45) is 3.57. The van der Waals surface area contributed by atoms with Crippen molar-refractivity contribution >= 4 is 32.2 Å². The Labute approximate surface area is 147 Å². The van der Waals surface area contributed by atoms with Crippen LogP contribution in [0.5, 0.6) is 0 Å². The van der Waals surface area contributed by atoms with Crippen LogP contribution in [-0.2, 0) is 9.84 Å². The zero-order valence-electron chi connectivity index (χ0n) is 13.9. The molecule has 0 aliphatic heterocycles. The number of hydrogen-bond donors (Lipinski definition) is 2. The maximum atomic E-state index is 11.8. The third-order valence-electron chi connectivity index (χ3n) is 3.78. The zero-order chi connectivity index (χ0) is 17.7. The molecule has 0 atom stereocenters. The summed E-state index contributed by atoms with van der Waals surface area (Å²) in [4.78, 5) is 8.71. The van der Waals surface area contributed by atoms with Crippen molar-refractivity contribution in [3.05, 3.63) is 54.9 Å². The number of hydrogen-bond acceptors (Lipinski definition) is 6. The van der Waals surface area contributed by atoms with Gasteiger partial charge in [0.25, 0.3) is 0 Å². The number of rotatable bonds is 7. The fourth-order valence-corrected chi connectivity index (χ4v) is 3.14. The minimum atomic E-state index is -3.26. The second-order valence-electron chi connectivity index (χ2n) is 5.75. The van der Waals surface area contributed by atoms with Crippen molar-refractivity contribution in [2.75, 3.05) is 30.0 Å². The van der Waals surface area contributed by atoms with Gasteiger partial charge in [-0.25, -0.2) is 18.4 Å². The van der Waals surface area contributed by atoms with Crippen molar-refractivity contribution in [3.63, 3.8) is 0 Å². The molecule has 130 valence electrons. The van der Waals surface area contributed by atoms with Gasteiger partial charge in [-0.1, -0.05) is 18.2 Å². The molecule has 3 aromatic rings.